The van der Waals surface area contributed by atoms with Crippen LogP contribution in [0.5, 0.6) is 0 Å². The zero-order valence-electron chi connectivity index (χ0n) is 14.1. The molecule has 0 aromatic rings. The van der Waals surface area contributed by atoms with Crippen LogP contribution in [0.4, 0.5) is 8.78 Å². The normalized spacial score (nSPS) is 32.2. The molecular weight excluding hydrogens is 320 g/mol. The predicted molar refractivity (Wildman–Crippen MR) is 84.0 cm³/mol. The monoisotopic (exact) mass is 347 g/mol. The Balaban J connectivity index is 1.46. The number of aliphatic hydroxyl groups is 1. The molecule has 0 spiro atoms. The van der Waals surface area contributed by atoms with Gasteiger partial charge >= 0.3 is 0 Å². The van der Waals surface area contributed by atoms with E-state index >= 15 is 0 Å². The van der Waals surface area contributed by atoms with Crippen LogP contribution in [-0.2, 0) is 9.53 Å². The van der Waals surface area contributed by atoms with E-state index in [0.717, 1.165) is 13.1 Å². The average molecular weight is 347 g/mol. The lowest BCUT2D eigenvalue weighted by Crippen LogP contribution is -2.50. The minimum atomic E-state index is -2.57. The zero-order chi connectivity index (χ0) is 17.2. The molecule has 0 saturated carbocycles. The van der Waals surface area contributed by atoms with E-state index in [1.165, 1.54) is 0 Å². The van der Waals surface area contributed by atoms with Gasteiger partial charge in [0.25, 0.3) is 5.92 Å². The van der Waals surface area contributed by atoms with Crippen molar-refractivity contribution in [3.63, 3.8) is 0 Å². The van der Waals surface area contributed by atoms with E-state index in [1.807, 2.05) is 4.90 Å². The van der Waals surface area contributed by atoms with Crippen molar-refractivity contribution in [1.82, 2.24) is 14.7 Å². The number of carbonyl (C=O) groups is 1. The summed E-state index contributed by atoms with van der Waals surface area (Å²) in [4.78, 5) is 18.1. The van der Waals surface area contributed by atoms with E-state index < -0.39 is 11.5 Å². The quantitative estimate of drug-likeness (QED) is 0.777. The van der Waals surface area contributed by atoms with Crippen LogP contribution in [-0.4, -0.2) is 103 Å². The molecule has 24 heavy (non-hydrogen) atoms. The highest BCUT2D eigenvalue weighted by Gasteiger charge is 2.42. The topological polar surface area (TPSA) is 56.3 Å². The van der Waals surface area contributed by atoms with Gasteiger partial charge in [0, 0.05) is 52.1 Å². The highest BCUT2D eigenvalue weighted by molar-refractivity contribution is 5.78. The first-order valence-corrected chi connectivity index (χ1v) is 8.76. The van der Waals surface area contributed by atoms with Crippen molar-refractivity contribution in [3.05, 3.63) is 0 Å². The molecule has 138 valence electrons. The zero-order valence-corrected chi connectivity index (χ0v) is 14.1. The Morgan fingerprint density at radius 2 is 1.67 bits per heavy atom. The SMILES string of the molecule is O=C(CN1CCOCC1)N1CCC(O)(CN2CCC(F)(F)CC2)C1. The first kappa shape index (κ1) is 18.0. The number of halogens is 2. The average Bonchev–Trinajstić information content (AvgIpc) is 2.93. The minimum Gasteiger partial charge on any atom is -0.387 e. The van der Waals surface area contributed by atoms with Gasteiger partial charge in [0.1, 0.15) is 0 Å². The maximum atomic E-state index is 13.2. The number of likely N-dealkylation sites (tertiary alicyclic amines) is 2. The summed E-state index contributed by atoms with van der Waals surface area (Å²) in [6.45, 7) is 4.96. The van der Waals surface area contributed by atoms with Crippen LogP contribution < -0.4 is 0 Å². The molecule has 1 N–H and O–H groups in total. The van der Waals surface area contributed by atoms with Gasteiger partial charge in [-0.05, 0) is 6.42 Å². The van der Waals surface area contributed by atoms with Crippen molar-refractivity contribution >= 4 is 5.91 Å². The molecule has 3 aliphatic rings. The number of morpholine rings is 1. The van der Waals surface area contributed by atoms with Crippen LogP contribution in [0.2, 0.25) is 0 Å². The van der Waals surface area contributed by atoms with Gasteiger partial charge in [-0.2, -0.15) is 0 Å². The first-order chi connectivity index (χ1) is 11.4. The predicted octanol–water partition coefficient (Wildman–Crippen LogP) is 0.0131. The van der Waals surface area contributed by atoms with Gasteiger partial charge in [-0.15, -0.1) is 0 Å². The summed E-state index contributed by atoms with van der Waals surface area (Å²) in [6, 6.07) is 0. The molecule has 3 aliphatic heterocycles. The van der Waals surface area contributed by atoms with Crippen molar-refractivity contribution in [2.45, 2.75) is 30.8 Å². The molecule has 0 radical (unpaired) electrons. The Hall–Kier alpha value is -0.830. The van der Waals surface area contributed by atoms with Crippen LogP contribution in [0.3, 0.4) is 0 Å². The molecule has 3 rings (SSSR count). The summed E-state index contributed by atoms with van der Waals surface area (Å²) < 4.78 is 31.7. The Kier molecular flexibility index (Phi) is 5.39. The Labute approximate surface area is 141 Å². The van der Waals surface area contributed by atoms with E-state index in [2.05, 4.69) is 4.90 Å². The summed E-state index contributed by atoms with van der Waals surface area (Å²) >= 11 is 0. The van der Waals surface area contributed by atoms with Gasteiger partial charge in [-0.3, -0.25) is 14.6 Å². The lowest BCUT2D eigenvalue weighted by molar-refractivity contribution is -0.133. The van der Waals surface area contributed by atoms with Gasteiger partial charge in [0.2, 0.25) is 5.91 Å². The fourth-order valence-electron chi connectivity index (χ4n) is 3.70. The molecule has 8 heteroatoms. The standard InChI is InChI=1S/C16H27F2N3O3/c17-16(18)2-4-20(5-3-16)12-15(23)1-6-21(13-15)14(22)11-19-7-9-24-10-8-19/h23H,1-13H2. The number of β-amino-alcohol motifs (C(OH)–C–C–N with tert-alkyl or cyclic N) is 1. The molecule has 3 saturated heterocycles. The molecule has 6 nitrogen and oxygen atoms in total. The lowest BCUT2D eigenvalue weighted by Gasteiger charge is -2.36. The number of ether oxygens (including phenoxy) is 1. The Morgan fingerprint density at radius 1 is 1.00 bits per heavy atom. The van der Waals surface area contributed by atoms with Crippen molar-refractivity contribution < 1.29 is 23.4 Å². The minimum absolute atomic E-state index is 0.0259. The van der Waals surface area contributed by atoms with Gasteiger partial charge in [0.15, 0.2) is 0 Å². The van der Waals surface area contributed by atoms with Crippen molar-refractivity contribution in [1.29, 1.82) is 0 Å². The van der Waals surface area contributed by atoms with Gasteiger partial charge in [-0.25, -0.2) is 8.78 Å². The number of alkyl halides is 2. The number of carbonyl (C=O) groups excluding carboxylic acids is 1. The maximum Gasteiger partial charge on any atom is 0.250 e. The molecule has 3 fully saturated rings. The fourth-order valence-corrected chi connectivity index (χ4v) is 3.70. The largest absolute Gasteiger partial charge is 0.387 e. The lowest BCUT2D eigenvalue weighted by atomic mass is 10.00. The number of rotatable bonds is 4. The number of hydrogen-bond acceptors (Lipinski definition) is 5. The summed E-state index contributed by atoms with van der Waals surface area (Å²) in [7, 11) is 0. The summed E-state index contributed by atoms with van der Waals surface area (Å²) in [5.41, 5.74) is -0.979. The molecule has 1 atom stereocenters. The second-order valence-corrected chi connectivity index (χ2v) is 7.31. The maximum absolute atomic E-state index is 13.2. The third-order valence-electron chi connectivity index (χ3n) is 5.25. The van der Waals surface area contributed by atoms with Crippen LogP contribution in [0.1, 0.15) is 19.3 Å². The second-order valence-electron chi connectivity index (χ2n) is 7.31. The molecule has 0 aromatic carbocycles. The van der Waals surface area contributed by atoms with Crippen molar-refractivity contribution in [3.8, 4) is 0 Å². The number of hydrogen-bond donors (Lipinski definition) is 1. The number of nitrogens with zero attached hydrogens (tertiary/aromatic N) is 3. The molecule has 0 aliphatic carbocycles. The van der Waals surface area contributed by atoms with E-state index in [0.29, 0.717) is 58.9 Å². The Bertz CT molecular complexity index is 450. The van der Waals surface area contributed by atoms with Crippen molar-refractivity contribution in [2.75, 3.05) is 65.6 Å². The summed E-state index contributed by atoms with van der Waals surface area (Å²) in [5, 5.41) is 10.7. The third kappa shape index (κ3) is 4.62. The van der Waals surface area contributed by atoms with Gasteiger partial charge < -0.3 is 14.7 Å². The summed E-state index contributed by atoms with van der Waals surface area (Å²) in [5.74, 6) is -2.55. The van der Waals surface area contributed by atoms with E-state index in [1.54, 1.807) is 4.90 Å². The highest BCUT2D eigenvalue weighted by atomic mass is 19.3. The smallest absolute Gasteiger partial charge is 0.250 e. The first-order valence-electron chi connectivity index (χ1n) is 8.76. The Morgan fingerprint density at radius 3 is 2.33 bits per heavy atom. The molecule has 1 amide bonds. The molecule has 3 heterocycles. The summed E-state index contributed by atoms with van der Waals surface area (Å²) in [6.07, 6.45) is 0.209. The van der Waals surface area contributed by atoms with Gasteiger partial charge in [-0.1, -0.05) is 0 Å². The van der Waals surface area contributed by atoms with Crippen LogP contribution in [0.15, 0.2) is 0 Å². The van der Waals surface area contributed by atoms with E-state index in [4.69, 9.17) is 4.74 Å². The van der Waals surface area contributed by atoms with Crippen LogP contribution in [0.25, 0.3) is 0 Å². The molecule has 0 bridgehead atoms. The van der Waals surface area contributed by atoms with Gasteiger partial charge in [0.05, 0.1) is 31.9 Å². The third-order valence-corrected chi connectivity index (χ3v) is 5.25. The molecule has 0 aromatic heterocycles. The van der Waals surface area contributed by atoms with Crippen LogP contribution >= 0.6 is 0 Å². The highest BCUT2D eigenvalue weighted by Crippen LogP contribution is 2.30. The van der Waals surface area contributed by atoms with Crippen LogP contribution in [0, 0.1) is 0 Å². The van der Waals surface area contributed by atoms with Crippen molar-refractivity contribution in [2.24, 2.45) is 0 Å². The molecular formula is C16H27F2N3O3. The van der Waals surface area contributed by atoms with E-state index in [-0.39, 0.29) is 18.7 Å². The van der Waals surface area contributed by atoms with E-state index in [9.17, 15) is 18.7 Å². The fraction of sp³-hybridized carbons (Fsp3) is 0.938. The number of amides is 1. The molecule has 1 unspecified atom stereocenters. The second kappa shape index (κ2) is 7.19. The number of piperidine rings is 1.